The SMILES string of the molecule is C[C@H](N)c1ccc(OCc2ccc(O)cc2)c(Cl)c1. The summed E-state index contributed by atoms with van der Waals surface area (Å²) in [4.78, 5) is 0. The minimum Gasteiger partial charge on any atom is -0.508 e. The van der Waals surface area contributed by atoms with Gasteiger partial charge in [-0.2, -0.15) is 0 Å². The van der Waals surface area contributed by atoms with Crippen molar-refractivity contribution < 1.29 is 9.84 Å². The van der Waals surface area contributed by atoms with Crippen molar-refractivity contribution in [2.24, 2.45) is 5.73 Å². The molecule has 2 aromatic carbocycles. The number of rotatable bonds is 4. The highest BCUT2D eigenvalue weighted by Gasteiger charge is 2.06. The topological polar surface area (TPSA) is 55.5 Å². The van der Waals surface area contributed by atoms with Crippen molar-refractivity contribution >= 4 is 11.6 Å². The van der Waals surface area contributed by atoms with Gasteiger partial charge >= 0.3 is 0 Å². The lowest BCUT2D eigenvalue weighted by Gasteiger charge is -2.11. The van der Waals surface area contributed by atoms with E-state index in [2.05, 4.69) is 0 Å². The maximum absolute atomic E-state index is 9.19. The van der Waals surface area contributed by atoms with Gasteiger partial charge in [0.2, 0.25) is 0 Å². The van der Waals surface area contributed by atoms with Crippen molar-refractivity contribution in [1.82, 2.24) is 0 Å². The monoisotopic (exact) mass is 277 g/mol. The van der Waals surface area contributed by atoms with Gasteiger partial charge < -0.3 is 15.6 Å². The Bertz CT molecular complexity index is 553. The maximum Gasteiger partial charge on any atom is 0.138 e. The molecule has 2 aromatic rings. The molecule has 19 heavy (non-hydrogen) atoms. The molecule has 0 saturated heterocycles. The molecule has 0 aliphatic heterocycles. The molecule has 100 valence electrons. The van der Waals surface area contributed by atoms with Crippen molar-refractivity contribution in [3.05, 3.63) is 58.6 Å². The Morgan fingerprint density at radius 1 is 1.21 bits per heavy atom. The van der Waals surface area contributed by atoms with Gasteiger partial charge in [0.1, 0.15) is 18.1 Å². The van der Waals surface area contributed by atoms with Gasteiger partial charge in [-0.15, -0.1) is 0 Å². The molecule has 3 N–H and O–H groups in total. The van der Waals surface area contributed by atoms with Crippen LogP contribution in [0.2, 0.25) is 5.02 Å². The van der Waals surface area contributed by atoms with Gasteiger partial charge in [0.15, 0.2) is 0 Å². The van der Waals surface area contributed by atoms with Gasteiger partial charge in [-0.3, -0.25) is 0 Å². The lowest BCUT2D eigenvalue weighted by atomic mass is 10.1. The highest BCUT2D eigenvalue weighted by atomic mass is 35.5. The summed E-state index contributed by atoms with van der Waals surface area (Å²) in [6.45, 7) is 2.31. The predicted molar refractivity (Wildman–Crippen MR) is 76.5 cm³/mol. The first-order chi connectivity index (χ1) is 9.06. The lowest BCUT2D eigenvalue weighted by Crippen LogP contribution is -2.05. The fourth-order valence-corrected chi connectivity index (χ4v) is 1.91. The maximum atomic E-state index is 9.19. The highest BCUT2D eigenvalue weighted by molar-refractivity contribution is 6.32. The van der Waals surface area contributed by atoms with E-state index in [4.69, 9.17) is 22.1 Å². The molecule has 3 nitrogen and oxygen atoms in total. The molecule has 0 radical (unpaired) electrons. The van der Waals surface area contributed by atoms with Gasteiger partial charge in [-0.25, -0.2) is 0 Å². The van der Waals surface area contributed by atoms with E-state index < -0.39 is 0 Å². The van der Waals surface area contributed by atoms with Crippen molar-refractivity contribution in [2.45, 2.75) is 19.6 Å². The number of halogens is 1. The summed E-state index contributed by atoms with van der Waals surface area (Å²) in [5, 5.41) is 9.74. The zero-order valence-electron chi connectivity index (χ0n) is 10.6. The molecule has 0 unspecified atom stereocenters. The minimum atomic E-state index is -0.0522. The van der Waals surface area contributed by atoms with Crippen LogP contribution in [0.5, 0.6) is 11.5 Å². The van der Waals surface area contributed by atoms with Crippen LogP contribution in [-0.4, -0.2) is 5.11 Å². The number of ether oxygens (including phenoxy) is 1. The van der Waals surface area contributed by atoms with Crippen LogP contribution in [0.25, 0.3) is 0 Å². The van der Waals surface area contributed by atoms with Crippen molar-refractivity contribution in [1.29, 1.82) is 0 Å². The molecule has 0 heterocycles. The van der Waals surface area contributed by atoms with Gasteiger partial charge in [0.05, 0.1) is 5.02 Å². The molecule has 0 fully saturated rings. The number of hydrogen-bond acceptors (Lipinski definition) is 3. The zero-order chi connectivity index (χ0) is 13.8. The number of nitrogens with two attached hydrogens (primary N) is 1. The second kappa shape index (κ2) is 5.95. The first kappa shape index (κ1) is 13.7. The van der Waals surface area contributed by atoms with Crippen LogP contribution in [-0.2, 0) is 6.61 Å². The average Bonchev–Trinajstić information content (AvgIpc) is 2.39. The fraction of sp³-hybridized carbons (Fsp3) is 0.200. The smallest absolute Gasteiger partial charge is 0.138 e. The van der Waals surface area contributed by atoms with Crippen LogP contribution < -0.4 is 10.5 Å². The van der Waals surface area contributed by atoms with Crippen LogP contribution in [0.3, 0.4) is 0 Å². The Morgan fingerprint density at radius 2 is 1.89 bits per heavy atom. The number of phenolic OH excluding ortho intramolecular Hbond substituents is 1. The summed E-state index contributed by atoms with van der Waals surface area (Å²) in [6, 6.07) is 12.4. The van der Waals surface area contributed by atoms with Crippen LogP contribution in [0, 0.1) is 0 Å². The molecule has 0 aromatic heterocycles. The standard InChI is InChI=1S/C15H16ClNO2/c1-10(17)12-4-7-15(14(16)8-12)19-9-11-2-5-13(18)6-3-11/h2-8,10,18H,9,17H2,1H3/t10-/m0/s1. The molecular formula is C15H16ClNO2. The van der Waals surface area contributed by atoms with E-state index in [-0.39, 0.29) is 11.8 Å². The first-order valence-corrected chi connectivity index (χ1v) is 6.40. The third-order valence-electron chi connectivity index (χ3n) is 2.81. The summed E-state index contributed by atoms with van der Waals surface area (Å²) < 4.78 is 5.64. The minimum absolute atomic E-state index is 0.0522. The second-order valence-electron chi connectivity index (χ2n) is 4.43. The van der Waals surface area contributed by atoms with Crippen molar-refractivity contribution in [2.75, 3.05) is 0 Å². The number of phenols is 1. The highest BCUT2D eigenvalue weighted by Crippen LogP contribution is 2.28. The summed E-state index contributed by atoms with van der Waals surface area (Å²) >= 11 is 6.14. The number of hydrogen-bond donors (Lipinski definition) is 2. The van der Waals surface area contributed by atoms with E-state index in [9.17, 15) is 5.11 Å². The molecule has 0 aliphatic carbocycles. The average molecular weight is 278 g/mol. The van der Waals surface area contributed by atoms with Gasteiger partial charge in [-0.05, 0) is 42.3 Å². The van der Waals surface area contributed by atoms with Crippen LogP contribution >= 0.6 is 11.6 Å². The molecule has 2 rings (SSSR count). The normalized spacial score (nSPS) is 12.2. The van der Waals surface area contributed by atoms with Crippen molar-refractivity contribution in [3.8, 4) is 11.5 Å². The molecule has 0 bridgehead atoms. The Balaban J connectivity index is 2.05. The lowest BCUT2D eigenvalue weighted by molar-refractivity contribution is 0.306. The summed E-state index contributed by atoms with van der Waals surface area (Å²) in [5.74, 6) is 0.863. The van der Waals surface area contributed by atoms with Crippen LogP contribution in [0.1, 0.15) is 24.1 Å². The Hall–Kier alpha value is -1.71. The summed E-state index contributed by atoms with van der Waals surface area (Å²) in [6.07, 6.45) is 0. The van der Waals surface area contributed by atoms with E-state index in [1.165, 1.54) is 0 Å². The number of benzene rings is 2. The van der Waals surface area contributed by atoms with Crippen LogP contribution in [0.4, 0.5) is 0 Å². The van der Waals surface area contributed by atoms with Gasteiger partial charge in [0, 0.05) is 6.04 Å². The van der Waals surface area contributed by atoms with E-state index in [1.54, 1.807) is 24.3 Å². The van der Waals surface area contributed by atoms with E-state index in [0.717, 1.165) is 11.1 Å². The van der Waals surface area contributed by atoms with Gasteiger partial charge in [-0.1, -0.05) is 29.8 Å². The molecule has 0 amide bonds. The molecule has 1 atom stereocenters. The third-order valence-corrected chi connectivity index (χ3v) is 3.11. The Kier molecular flexibility index (Phi) is 4.30. The Labute approximate surface area is 117 Å². The van der Waals surface area contributed by atoms with Crippen LogP contribution in [0.15, 0.2) is 42.5 Å². The van der Waals surface area contributed by atoms with E-state index in [1.807, 2.05) is 25.1 Å². The molecule has 0 aliphatic rings. The summed E-state index contributed by atoms with van der Waals surface area (Å²) in [7, 11) is 0. The molecular weight excluding hydrogens is 262 g/mol. The molecule has 0 saturated carbocycles. The quantitative estimate of drug-likeness (QED) is 0.897. The molecule has 0 spiro atoms. The first-order valence-electron chi connectivity index (χ1n) is 6.02. The van der Waals surface area contributed by atoms with Gasteiger partial charge in [0.25, 0.3) is 0 Å². The second-order valence-corrected chi connectivity index (χ2v) is 4.84. The fourth-order valence-electron chi connectivity index (χ4n) is 1.67. The largest absolute Gasteiger partial charge is 0.508 e. The predicted octanol–water partition coefficient (Wildman–Crippen LogP) is 3.64. The summed E-state index contributed by atoms with van der Waals surface area (Å²) in [5.41, 5.74) is 7.73. The van der Waals surface area contributed by atoms with E-state index in [0.29, 0.717) is 17.4 Å². The zero-order valence-corrected chi connectivity index (χ0v) is 11.4. The van der Waals surface area contributed by atoms with Crippen molar-refractivity contribution in [3.63, 3.8) is 0 Å². The molecule has 4 heteroatoms. The number of aromatic hydroxyl groups is 1. The van der Waals surface area contributed by atoms with E-state index >= 15 is 0 Å². The Morgan fingerprint density at radius 3 is 2.47 bits per heavy atom. The third kappa shape index (κ3) is 3.63.